The standard InChI is InChI=1S/C13H14F3N3O4/c1-8(20)9-3-2-4-10(5-9)23-6-11(21)18-19-12(22)17-7-13(14,15)16/h2-5H,6-7H2,1H3,(H,18,21)(H2,17,19,22). The number of urea groups is 1. The summed E-state index contributed by atoms with van der Waals surface area (Å²) in [5.74, 6) is -0.710. The average Bonchev–Trinajstić information content (AvgIpc) is 2.48. The summed E-state index contributed by atoms with van der Waals surface area (Å²) in [7, 11) is 0. The topological polar surface area (TPSA) is 96.5 Å². The lowest BCUT2D eigenvalue weighted by atomic mass is 10.1. The second-order valence-electron chi connectivity index (χ2n) is 4.34. The van der Waals surface area contributed by atoms with Gasteiger partial charge in [-0.1, -0.05) is 12.1 Å². The van der Waals surface area contributed by atoms with Crippen LogP contribution < -0.4 is 20.9 Å². The van der Waals surface area contributed by atoms with E-state index in [0.29, 0.717) is 5.56 Å². The fourth-order valence-electron chi connectivity index (χ4n) is 1.34. The second kappa shape index (κ2) is 8.01. The Morgan fingerprint density at radius 3 is 2.48 bits per heavy atom. The van der Waals surface area contributed by atoms with Crippen molar-refractivity contribution in [3.05, 3.63) is 29.8 Å². The fourth-order valence-corrected chi connectivity index (χ4v) is 1.34. The predicted molar refractivity (Wildman–Crippen MR) is 72.7 cm³/mol. The van der Waals surface area contributed by atoms with Crippen molar-refractivity contribution < 1.29 is 32.3 Å². The van der Waals surface area contributed by atoms with Gasteiger partial charge in [0, 0.05) is 5.56 Å². The quantitative estimate of drug-likeness (QED) is 0.556. The van der Waals surface area contributed by atoms with Gasteiger partial charge in [0.25, 0.3) is 5.91 Å². The van der Waals surface area contributed by atoms with E-state index in [1.807, 2.05) is 5.43 Å². The second-order valence-corrected chi connectivity index (χ2v) is 4.34. The van der Waals surface area contributed by atoms with Gasteiger partial charge < -0.3 is 10.1 Å². The summed E-state index contributed by atoms with van der Waals surface area (Å²) in [6.45, 7) is -0.654. The Morgan fingerprint density at radius 1 is 1.17 bits per heavy atom. The Morgan fingerprint density at radius 2 is 1.87 bits per heavy atom. The van der Waals surface area contributed by atoms with Crippen LogP contribution in [-0.2, 0) is 4.79 Å². The number of carbonyl (C=O) groups excluding carboxylic acids is 3. The molecule has 10 heteroatoms. The molecule has 0 unspecified atom stereocenters. The Bertz CT molecular complexity index is 590. The molecule has 0 aromatic heterocycles. The molecule has 0 saturated carbocycles. The summed E-state index contributed by atoms with van der Waals surface area (Å²) in [5.41, 5.74) is 4.00. The molecule has 126 valence electrons. The van der Waals surface area contributed by atoms with Crippen molar-refractivity contribution in [3.8, 4) is 5.75 Å². The van der Waals surface area contributed by atoms with Crippen molar-refractivity contribution in [2.24, 2.45) is 0 Å². The molecule has 3 amide bonds. The van der Waals surface area contributed by atoms with Gasteiger partial charge in [0.15, 0.2) is 12.4 Å². The zero-order chi connectivity index (χ0) is 17.5. The van der Waals surface area contributed by atoms with Crippen LogP contribution in [0.5, 0.6) is 5.75 Å². The Hall–Kier alpha value is -2.78. The maximum absolute atomic E-state index is 11.8. The molecule has 0 heterocycles. The summed E-state index contributed by atoms with van der Waals surface area (Å²) >= 11 is 0. The molecule has 3 N–H and O–H groups in total. The van der Waals surface area contributed by atoms with Crippen LogP contribution in [0, 0.1) is 0 Å². The lowest BCUT2D eigenvalue weighted by Gasteiger charge is -2.11. The van der Waals surface area contributed by atoms with Crippen LogP contribution in [0.4, 0.5) is 18.0 Å². The van der Waals surface area contributed by atoms with Gasteiger partial charge in [0.1, 0.15) is 12.3 Å². The number of hydrogen-bond acceptors (Lipinski definition) is 4. The van der Waals surface area contributed by atoms with E-state index in [0.717, 1.165) is 0 Å². The van der Waals surface area contributed by atoms with Gasteiger partial charge in [-0.25, -0.2) is 10.2 Å². The van der Waals surface area contributed by atoms with Crippen LogP contribution in [0.3, 0.4) is 0 Å². The van der Waals surface area contributed by atoms with E-state index in [-0.39, 0.29) is 11.5 Å². The number of nitrogens with one attached hydrogen (secondary N) is 3. The van der Waals surface area contributed by atoms with Crippen LogP contribution in [-0.4, -0.2) is 37.0 Å². The van der Waals surface area contributed by atoms with Gasteiger partial charge in [-0.3, -0.25) is 15.0 Å². The minimum absolute atomic E-state index is 0.178. The normalized spacial score (nSPS) is 10.6. The number of halogens is 3. The van der Waals surface area contributed by atoms with Crippen LogP contribution in [0.25, 0.3) is 0 Å². The lowest BCUT2D eigenvalue weighted by molar-refractivity contribution is -0.124. The molecular weight excluding hydrogens is 319 g/mol. The number of amides is 3. The smallest absolute Gasteiger partial charge is 0.405 e. The average molecular weight is 333 g/mol. The molecular formula is C13H14F3N3O4. The third kappa shape index (κ3) is 7.69. The zero-order valence-electron chi connectivity index (χ0n) is 12.0. The Balaban J connectivity index is 2.33. The van der Waals surface area contributed by atoms with Crippen molar-refractivity contribution in [3.63, 3.8) is 0 Å². The summed E-state index contributed by atoms with van der Waals surface area (Å²) in [6.07, 6.45) is -4.55. The van der Waals surface area contributed by atoms with Crippen molar-refractivity contribution in [2.45, 2.75) is 13.1 Å². The third-order valence-corrected chi connectivity index (χ3v) is 2.38. The number of carbonyl (C=O) groups is 3. The Kier molecular flexibility index (Phi) is 6.36. The number of benzene rings is 1. The largest absolute Gasteiger partial charge is 0.484 e. The number of ketones is 1. The van der Waals surface area contributed by atoms with Gasteiger partial charge in [0.2, 0.25) is 0 Å². The molecule has 0 fully saturated rings. The molecule has 0 atom stereocenters. The molecule has 0 aliphatic carbocycles. The minimum Gasteiger partial charge on any atom is -0.484 e. The van der Waals surface area contributed by atoms with Gasteiger partial charge in [0.05, 0.1) is 0 Å². The van der Waals surface area contributed by atoms with E-state index in [1.165, 1.54) is 24.4 Å². The van der Waals surface area contributed by atoms with E-state index in [4.69, 9.17) is 4.74 Å². The summed E-state index contributed by atoms with van der Waals surface area (Å²) < 4.78 is 40.6. The van der Waals surface area contributed by atoms with E-state index >= 15 is 0 Å². The molecule has 1 aromatic carbocycles. The number of ether oxygens (including phenoxy) is 1. The molecule has 0 spiro atoms. The lowest BCUT2D eigenvalue weighted by Crippen LogP contribution is -2.50. The summed E-state index contributed by atoms with van der Waals surface area (Å²) in [6, 6.07) is 4.87. The van der Waals surface area contributed by atoms with Crippen LogP contribution in [0.15, 0.2) is 24.3 Å². The van der Waals surface area contributed by atoms with Crippen LogP contribution in [0.2, 0.25) is 0 Å². The monoisotopic (exact) mass is 333 g/mol. The number of hydrazine groups is 1. The van der Waals surface area contributed by atoms with Crippen molar-refractivity contribution in [1.29, 1.82) is 0 Å². The maximum Gasteiger partial charge on any atom is 0.405 e. The van der Waals surface area contributed by atoms with Crippen LogP contribution in [0.1, 0.15) is 17.3 Å². The Labute approximate surface area is 129 Å². The van der Waals surface area contributed by atoms with E-state index in [9.17, 15) is 27.6 Å². The van der Waals surface area contributed by atoms with Crippen molar-refractivity contribution in [2.75, 3.05) is 13.2 Å². The number of alkyl halides is 3. The first-order valence-corrected chi connectivity index (χ1v) is 6.30. The van der Waals surface area contributed by atoms with Gasteiger partial charge in [-0.05, 0) is 19.1 Å². The van der Waals surface area contributed by atoms with Crippen molar-refractivity contribution >= 4 is 17.7 Å². The highest BCUT2D eigenvalue weighted by Gasteiger charge is 2.27. The van der Waals surface area contributed by atoms with Gasteiger partial charge >= 0.3 is 12.2 Å². The summed E-state index contributed by atoms with van der Waals surface area (Å²) in [4.78, 5) is 33.5. The van der Waals surface area contributed by atoms with Crippen LogP contribution >= 0.6 is 0 Å². The van der Waals surface area contributed by atoms with Crippen molar-refractivity contribution in [1.82, 2.24) is 16.2 Å². The fraction of sp³-hybridized carbons (Fsp3) is 0.308. The minimum atomic E-state index is -4.55. The molecule has 1 aromatic rings. The number of rotatable bonds is 5. The highest BCUT2D eigenvalue weighted by molar-refractivity contribution is 5.94. The highest BCUT2D eigenvalue weighted by Crippen LogP contribution is 2.13. The molecule has 7 nitrogen and oxygen atoms in total. The zero-order valence-corrected chi connectivity index (χ0v) is 12.0. The van der Waals surface area contributed by atoms with E-state index in [2.05, 4.69) is 0 Å². The first-order chi connectivity index (χ1) is 10.7. The first kappa shape index (κ1) is 18.3. The van der Waals surface area contributed by atoms with Gasteiger partial charge in [-0.2, -0.15) is 13.2 Å². The maximum atomic E-state index is 11.8. The third-order valence-electron chi connectivity index (χ3n) is 2.38. The molecule has 1 rings (SSSR count). The van der Waals surface area contributed by atoms with E-state index in [1.54, 1.807) is 17.6 Å². The van der Waals surface area contributed by atoms with E-state index < -0.39 is 31.3 Å². The van der Waals surface area contributed by atoms with Gasteiger partial charge in [-0.15, -0.1) is 0 Å². The molecule has 0 radical (unpaired) electrons. The first-order valence-electron chi connectivity index (χ1n) is 6.30. The number of hydrogen-bond donors (Lipinski definition) is 3. The molecule has 0 aliphatic heterocycles. The predicted octanol–water partition coefficient (Wildman–Crippen LogP) is 1.16. The molecule has 0 bridgehead atoms. The highest BCUT2D eigenvalue weighted by atomic mass is 19.4. The molecule has 0 saturated heterocycles. The summed E-state index contributed by atoms with van der Waals surface area (Å²) in [5, 5.41) is 1.50. The number of Topliss-reactive ketones (excluding diaryl/α,β-unsaturated/α-hetero) is 1. The molecule has 23 heavy (non-hydrogen) atoms. The molecule has 0 aliphatic rings. The SMILES string of the molecule is CC(=O)c1cccc(OCC(=O)NNC(=O)NCC(F)(F)F)c1.